The Morgan fingerprint density at radius 2 is 2.05 bits per heavy atom. The van der Waals surface area contributed by atoms with Gasteiger partial charge >= 0.3 is 11.9 Å². The second-order valence-corrected chi connectivity index (χ2v) is 4.80. The maximum absolute atomic E-state index is 12.2. The SMILES string of the molecule is CCCC(Cc1cccc(C)n1)(C(=O)O)C(=O)OCC. The highest BCUT2D eigenvalue weighted by atomic mass is 16.5. The first-order chi connectivity index (χ1) is 9.46. The molecule has 20 heavy (non-hydrogen) atoms. The molecule has 0 aromatic carbocycles. The van der Waals surface area contributed by atoms with E-state index in [2.05, 4.69) is 4.98 Å². The minimum absolute atomic E-state index is 0.0523. The quantitative estimate of drug-likeness (QED) is 0.612. The molecular formula is C15H21NO4. The molecule has 1 aromatic heterocycles. The average Bonchev–Trinajstić information content (AvgIpc) is 2.38. The number of carbonyl (C=O) groups is 2. The third-order valence-electron chi connectivity index (χ3n) is 3.18. The van der Waals surface area contributed by atoms with Gasteiger partial charge in [0.2, 0.25) is 0 Å². The fourth-order valence-electron chi connectivity index (χ4n) is 2.24. The van der Waals surface area contributed by atoms with E-state index >= 15 is 0 Å². The molecule has 5 nitrogen and oxygen atoms in total. The van der Waals surface area contributed by atoms with E-state index in [-0.39, 0.29) is 19.4 Å². The Hall–Kier alpha value is -1.91. The maximum Gasteiger partial charge on any atom is 0.323 e. The van der Waals surface area contributed by atoms with Crippen molar-refractivity contribution in [2.45, 2.75) is 40.0 Å². The van der Waals surface area contributed by atoms with E-state index < -0.39 is 17.4 Å². The summed E-state index contributed by atoms with van der Waals surface area (Å²) in [5, 5.41) is 9.55. The Morgan fingerprint density at radius 1 is 1.35 bits per heavy atom. The molecule has 0 bridgehead atoms. The third-order valence-corrected chi connectivity index (χ3v) is 3.18. The number of pyridine rings is 1. The van der Waals surface area contributed by atoms with Crippen LogP contribution in [0.3, 0.4) is 0 Å². The van der Waals surface area contributed by atoms with Crippen LogP contribution in [0.2, 0.25) is 0 Å². The maximum atomic E-state index is 12.2. The zero-order chi connectivity index (χ0) is 15.2. The highest BCUT2D eigenvalue weighted by molar-refractivity contribution is 5.99. The first-order valence-electron chi connectivity index (χ1n) is 6.79. The molecule has 1 heterocycles. The van der Waals surface area contributed by atoms with E-state index in [1.165, 1.54) is 0 Å². The Morgan fingerprint density at radius 3 is 2.55 bits per heavy atom. The Bertz CT molecular complexity index is 487. The number of rotatable bonds is 7. The number of aryl methyl sites for hydroxylation is 1. The summed E-state index contributed by atoms with van der Waals surface area (Å²) in [5.74, 6) is -1.83. The van der Waals surface area contributed by atoms with Gasteiger partial charge in [0.15, 0.2) is 5.41 Å². The van der Waals surface area contributed by atoms with E-state index in [0.29, 0.717) is 12.1 Å². The molecular weight excluding hydrogens is 258 g/mol. The Labute approximate surface area is 119 Å². The third kappa shape index (κ3) is 3.56. The van der Waals surface area contributed by atoms with Gasteiger partial charge in [-0.2, -0.15) is 0 Å². The summed E-state index contributed by atoms with van der Waals surface area (Å²) in [6.07, 6.45) is 0.865. The Kier molecular flexibility index (Phi) is 5.67. The molecule has 0 spiro atoms. The zero-order valence-corrected chi connectivity index (χ0v) is 12.2. The minimum atomic E-state index is -1.55. The number of aromatic nitrogens is 1. The molecule has 0 aliphatic carbocycles. The van der Waals surface area contributed by atoms with Crippen LogP contribution in [0.1, 0.15) is 38.1 Å². The van der Waals surface area contributed by atoms with E-state index in [1.54, 1.807) is 19.1 Å². The van der Waals surface area contributed by atoms with E-state index in [1.807, 2.05) is 19.9 Å². The number of hydrogen-bond donors (Lipinski definition) is 1. The molecule has 0 saturated carbocycles. The number of carbonyl (C=O) groups excluding carboxylic acids is 1. The second kappa shape index (κ2) is 7.03. The van der Waals surface area contributed by atoms with Gasteiger partial charge in [0.05, 0.1) is 6.61 Å². The monoisotopic (exact) mass is 279 g/mol. The van der Waals surface area contributed by atoms with Crippen LogP contribution in [-0.2, 0) is 20.7 Å². The lowest BCUT2D eigenvalue weighted by Gasteiger charge is -2.26. The van der Waals surface area contributed by atoms with Gasteiger partial charge in [-0.05, 0) is 32.4 Å². The van der Waals surface area contributed by atoms with Gasteiger partial charge in [0, 0.05) is 17.8 Å². The highest BCUT2D eigenvalue weighted by Crippen LogP contribution is 2.30. The van der Waals surface area contributed by atoms with Crippen LogP contribution in [0, 0.1) is 12.3 Å². The number of carboxylic acid groups (broad SMARTS) is 1. The minimum Gasteiger partial charge on any atom is -0.480 e. The number of aliphatic carboxylic acids is 1. The number of esters is 1. The van der Waals surface area contributed by atoms with Crippen LogP contribution in [-0.4, -0.2) is 28.6 Å². The van der Waals surface area contributed by atoms with Crippen molar-refractivity contribution in [3.05, 3.63) is 29.6 Å². The molecule has 5 heteroatoms. The largest absolute Gasteiger partial charge is 0.480 e. The van der Waals surface area contributed by atoms with Gasteiger partial charge in [0.25, 0.3) is 0 Å². The second-order valence-electron chi connectivity index (χ2n) is 4.80. The van der Waals surface area contributed by atoms with Crippen molar-refractivity contribution >= 4 is 11.9 Å². The van der Waals surface area contributed by atoms with Crippen molar-refractivity contribution in [2.24, 2.45) is 5.41 Å². The summed E-state index contributed by atoms with van der Waals surface area (Å²) in [4.78, 5) is 28.1. The van der Waals surface area contributed by atoms with Crippen LogP contribution >= 0.6 is 0 Å². The molecule has 0 radical (unpaired) electrons. The predicted octanol–water partition coefficient (Wildman–Crippen LogP) is 2.37. The first-order valence-corrected chi connectivity index (χ1v) is 6.79. The number of hydrogen-bond acceptors (Lipinski definition) is 4. The molecule has 1 unspecified atom stereocenters. The summed E-state index contributed by atoms with van der Waals surface area (Å²) < 4.78 is 4.98. The van der Waals surface area contributed by atoms with Gasteiger partial charge in [-0.3, -0.25) is 14.6 Å². The lowest BCUT2D eigenvalue weighted by molar-refractivity contribution is -0.169. The zero-order valence-electron chi connectivity index (χ0n) is 12.2. The highest BCUT2D eigenvalue weighted by Gasteiger charge is 2.47. The molecule has 0 aliphatic heterocycles. The molecule has 1 aromatic rings. The van der Waals surface area contributed by atoms with Crippen LogP contribution in [0.4, 0.5) is 0 Å². The standard InChI is InChI=1S/C15H21NO4/c1-4-9-15(13(17)18,14(19)20-5-2)10-12-8-6-7-11(3)16-12/h6-8H,4-5,9-10H2,1-3H3,(H,17,18). The fraction of sp³-hybridized carbons (Fsp3) is 0.533. The van der Waals surface area contributed by atoms with Gasteiger partial charge in [-0.25, -0.2) is 0 Å². The summed E-state index contributed by atoms with van der Waals surface area (Å²) in [6, 6.07) is 5.37. The van der Waals surface area contributed by atoms with Gasteiger partial charge in [-0.15, -0.1) is 0 Å². The summed E-state index contributed by atoms with van der Waals surface area (Å²) in [7, 11) is 0. The van der Waals surface area contributed by atoms with Crippen molar-refractivity contribution in [1.82, 2.24) is 4.98 Å². The molecule has 1 rings (SSSR count). The Balaban J connectivity index is 3.15. The van der Waals surface area contributed by atoms with Crippen molar-refractivity contribution < 1.29 is 19.4 Å². The molecule has 0 amide bonds. The molecule has 0 aliphatic rings. The van der Waals surface area contributed by atoms with Crippen molar-refractivity contribution in [3.63, 3.8) is 0 Å². The topological polar surface area (TPSA) is 76.5 Å². The average molecular weight is 279 g/mol. The van der Waals surface area contributed by atoms with E-state index in [0.717, 1.165) is 5.69 Å². The van der Waals surface area contributed by atoms with Gasteiger partial charge < -0.3 is 9.84 Å². The molecule has 1 atom stereocenters. The fourth-order valence-corrected chi connectivity index (χ4v) is 2.24. The van der Waals surface area contributed by atoms with E-state index in [4.69, 9.17) is 4.74 Å². The normalized spacial score (nSPS) is 13.6. The summed E-state index contributed by atoms with van der Waals surface area (Å²) in [5.41, 5.74) is -0.165. The van der Waals surface area contributed by atoms with Crippen LogP contribution < -0.4 is 0 Å². The molecule has 0 fully saturated rings. The molecule has 0 saturated heterocycles. The number of carboxylic acids is 1. The predicted molar refractivity (Wildman–Crippen MR) is 74.3 cm³/mol. The number of nitrogens with zero attached hydrogens (tertiary/aromatic N) is 1. The van der Waals surface area contributed by atoms with Crippen LogP contribution in [0.25, 0.3) is 0 Å². The first kappa shape index (κ1) is 16.1. The lowest BCUT2D eigenvalue weighted by Crippen LogP contribution is -2.43. The summed E-state index contributed by atoms with van der Waals surface area (Å²) >= 11 is 0. The van der Waals surface area contributed by atoms with Crippen LogP contribution in [0.15, 0.2) is 18.2 Å². The molecule has 110 valence electrons. The lowest BCUT2D eigenvalue weighted by atomic mass is 9.79. The smallest absolute Gasteiger partial charge is 0.323 e. The van der Waals surface area contributed by atoms with Crippen molar-refractivity contribution in [1.29, 1.82) is 0 Å². The van der Waals surface area contributed by atoms with Crippen LogP contribution in [0.5, 0.6) is 0 Å². The van der Waals surface area contributed by atoms with Crippen molar-refractivity contribution in [3.8, 4) is 0 Å². The van der Waals surface area contributed by atoms with E-state index in [9.17, 15) is 14.7 Å². The van der Waals surface area contributed by atoms with Gasteiger partial charge in [0.1, 0.15) is 0 Å². The molecule has 1 N–H and O–H groups in total. The number of ether oxygens (including phenoxy) is 1. The van der Waals surface area contributed by atoms with Crippen molar-refractivity contribution in [2.75, 3.05) is 6.61 Å². The summed E-state index contributed by atoms with van der Waals surface area (Å²) in [6.45, 7) is 5.51. The van der Waals surface area contributed by atoms with Gasteiger partial charge in [-0.1, -0.05) is 19.4 Å².